The molecule has 172 valence electrons. The van der Waals surface area contributed by atoms with Crippen LogP contribution < -0.4 is 20.3 Å². The minimum Gasteiger partial charge on any atom is -0.456 e. The Hall–Kier alpha value is -3.37. The molecule has 0 aromatic heterocycles. The summed E-state index contributed by atoms with van der Waals surface area (Å²) in [5.74, 6) is 0.489. The number of halogens is 1. The number of nitriles is 1. The fraction of sp³-hybridized carbons (Fsp3) is 0.385. The molecule has 7 heteroatoms. The molecule has 0 spiro atoms. The molecule has 2 aromatic carbocycles. The summed E-state index contributed by atoms with van der Waals surface area (Å²) in [7, 11) is 2.07. The molecule has 1 saturated heterocycles. The first-order valence-corrected chi connectivity index (χ1v) is 11.5. The molecular formula is C26H30FN5O. The number of rotatable bonds is 6. The van der Waals surface area contributed by atoms with E-state index in [1.807, 2.05) is 18.3 Å². The van der Waals surface area contributed by atoms with E-state index in [4.69, 9.17) is 10.1 Å². The van der Waals surface area contributed by atoms with Crippen molar-refractivity contribution in [1.82, 2.24) is 10.6 Å². The number of fused-ring (bicyclic) bond motifs is 1. The average molecular weight is 448 g/mol. The van der Waals surface area contributed by atoms with Crippen molar-refractivity contribution in [3.05, 3.63) is 59.0 Å². The fourth-order valence-corrected chi connectivity index (χ4v) is 4.48. The lowest BCUT2D eigenvalue weighted by atomic mass is 9.92. The second-order valence-electron chi connectivity index (χ2n) is 8.73. The molecule has 4 rings (SSSR count). The Morgan fingerprint density at radius 3 is 2.79 bits per heavy atom. The van der Waals surface area contributed by atoms with Gasteiger partial charge < -0.3 is 25.7 Å². The van der Waals surface area contributed by atoms with E-state index in [2.05, 4.69) is 35.6 Å². The predicted octanol–water partition coefficient (Wildman–Crippen LogP) is 4.59. The quantitative estimate of drug-likeness (QED) is 0.564. The van der Waals surface area contributed by atoms with Gasteiger partial charge in [0.05, 0.1) is 5.56 Å². The van der Waals surface area contributed by atoms with Crippen LogP contribution in [-0.4, -0.2) is 38.4 Å². The van der Waals surface area contributed by atoms with Crippen molar-refractivity contribution in [1.29, 1.82) is 10.7 Å². The van der Waals surface area contributed by atoms with Crippen LogP contribution in [0.1, 0.15) is 42.9 Å². The number of ether oxygens (including phenoxy) is 1. The number of allylic oxidation sites excluding steroid dienone is 1. The Labute approximate surface area is 194 Å². The smallest absolute Gasteiger partial charge is 0.141 e. The van der Waals surface area contributed by atoms with Crippen LogP contribution in [0.2, 0.25) is 0 Å². The molecule has 1 atom stereocenters. The van der Waals surface area contributed by atoms with E-state index < -0.39 is 5.82 Å². The zero-order chi connectivity index (χ0) is 23.4. The van der Waals surface area contributed by atoms with E-state index in [0.29, 0.717) is 23.6 Å². The Morgan fingerprint density at radius 1 is 1.27 bits per heavy atom. The summed E-state index contributed by atoms with van der Waals surface area (Å²) in [6.07, 6.45) is 7.12. The summed E-state index contributed by atoms with van der Waals surface area (Å²) >= 11 is 0. The molecule has 2 aromatic rings. The van der Waals surface area contributed by atoms with Gasteiger partial charge in [0.15, 0.2) is 0 Å². The van der Waals surface area contributed by atoms with Crippen LogP contribution in [0.25, 0.3) is 5.57 Å². The molecule has 6 nitrogen and oxygen atoms in total. The number of hydrogen-bond donors (Lipinski definition) is 3. The molecule has 0 aliphatic carbocycles. The standard InChI is InChI=1S/C26H30FN5O/c1-17-3-5-23-25(32(17)2)8-6-22(19(15-29)16-31-20-9-11-30-12-10-20)26(23)33-21-4-7-24(27)18(13-21)14-28/h4,6-8,13,15-17,20,29-31H,3,5,9-12H2,1-2H3/b19-16+,29-15?. The van der Waals surface area contributed by atoms with Gasteiger partial charge in [-0.15, -0.1) is 0 Å². The molecule has 1 fully saturated rings. The SMILES string of the molecule is CC1CCc2c(ccc(/C(C=N)=C/NC3CCNCC3)c2Oc2ccc(F)c(C#N)c2)N1C. The van der Waals surface area contributed by atoms with E-state index in [0.717, 1.165) is 61.2 Å². The maximum absolute atomic E-state index is 13.9. The number of piperidine rings is 1. The third-order valence-corrected chi connectivity index (χ3v) is 6.65. The van der Waals surface area contributed by atoms with E-state index in [1.165, 1.54) is 24.4 Å². The van der Waals surface area contributed by atoms with E-state index in [9.17, 15) is 9.65 Å². The maximum Gasteiger partial charge on any atom is 0.141 e. The summed E-state index contributed by atoms with van der Waals surface area (Å²) < 4.78 is 20.2. The van der Waals surface area contributed by atoms with E-state index in [1.54, 1.807) is 0 Å². The molecule has 0 bridgehead atoms. The minimum absolute atomic E-state index is 0.0556. The van der Waals surface area contributed by atoms with Gasteiger partial charge in [-0.2, -0.15) is 5.26 Å². The second-order valence-corrected chi connectivity index (χ2v) is 8.73. The lowest BCUT2D eigenvalue weighted by molar-refractivity contribution is 0.420. The van der Waals surface area contributed by atoms with Crippen LogP contribution in [0, 0.1) is 22.6 Å². The molecule has 0 radical (unpaired) electrons. The van der Waals surface area contributed by atoms with Crippen molar-refractivity contribution in [2.24, 2.45) is 0 Å². The van der Waals surface area contributed by atoms with Crippen molar-refractivity contribution in [2.75, 3.05) is 25.0 Å². The molecule has 33 heavy (non-hydrogen) atoms. The largest absolute Gasteiger partial charge is 0.456 e. The van der Waals surface area contributed by atoms with Gasteiger partial charge in [-0.1, -0.05) is 0 Å². The van der Waals surface area contributed by atoms with Crippen LogP contribution in [0.4, 0.5) is 10.1 Å². The fourth-order valence-electron chi connectivity index (χ4n) is 4.48. The van der Waals surface area contributed by atoms with Crippen LogP contribution >= 0.6 is 0 Å². The molecule has 0 saturated carbocycles. The second kappa shape index (κ2) is 10.1. The molecule has 2 heterocycles. The summed E-state index contributed by atoms with van der Waals surface area (Å²) in [4.78, 5) is 2.24. The lowest BCUT2D eigenvalue weighted by Crippen LogP contribution is -2.37. The minimum atomic E-state index is -0.569. The molecule has 1 unspecified atom stereocenters. The topological polar surface area (TPSA) is 84.2 Å². The lowest BCUT2D eigenvalue weighted by Gasteiger charge is -2.35. The summed E-state index contributed by atoms with van der Waals surface area (Å²) in [5.41, 5.74) is 3.61. The number of anilines is 1. The first-order valence-electron chi connectivity index (χ1n) is 11.5. The van der Waals surface area contributed by atoms with Crippen molar-refractivity contribution in [3.8, 4) is 17.6 Å². The van der Waals surface area contributed by atoms with Gasteiger partial charge in [0.25, 0.3) is 0 Å². The van der Waals surface area contributed by atoms with Crippen LogP contribution in [-0.2, 0) is 6.42 Å². The molecule has 2 aliphatic heterocycles. The highest BCUT2D eigenvalue weighted by atomic mass is 19.1. The first kappa shape index (κ1) is 22.8. The third-order valence-electron chi connectivity index (χ3n) is 6.65. The van der Waals surface area contributed by atoms with Crippen molar-refractivity contribution < 1.29 is 9.13 Å². The highest BCUT2D eigenvalue weighted by Gasteiger charge is 2.26. The third kappa shape index (κ3) is 4.86. The normalized spacial score (nSPS) is 18.9. The maximum atomic E-state index is 13.9. The van der Waals surface area contributed by atoms with Gasteiger partial charge in [-0.3, -0.25) is 0 Å². The van der Waals surface area contributed by atoms with Crippen LogP contribution in [0.5, 0.6) is 11.5 Å². The summed E-state index contributed by atoms with van der Waals surface area (Å²) in [6, 6.07) is 10.9. The summed E-state index contributed by atoms with van der Waals surface area (Å²) in [6.45, 7) is 4.16. The van der Waals surface area contributed by atoms with Crippen molar-refractivity contribution in [2.45, 2.75) is 44.7 Å². The Bertz CT molecular complexity index is 1100. The number of benzene rings is 2. The van der Waals surface area contributed by atoms with Gasteiger partial charge in [0.2, 0.25) is 0 Å². The van der Waals surface area contributed by atoms with Gasteiger partial charge in [-0.05, 0) is 70.0 Å². The zero-order valence-electron chi connectivity index (χ0n) is 19.1. The van der Waals surface area contributed by atoms with Crippen molar-refractivity contribution >= 4 is 17.5 Å². The van der Waals surface area contributed by atoms with Crippen LogP contribution in [0.15, 0.2) is 36.5 Å². The molecule has 0 amide bonds. The van der Waals surface area contributed by atoms with Crippen LogP contribution in [0.3, 0.4) is 0 Å². The monoisotopic (exact) mass is 447 g/mol. The highest BCUT2D eigenvalue weighted by molar-refractivity contribution is 6.09. The van der Waals surface area contributed by atoms with E-state index >= 15 is 0 Å². The zero-order valence-corrected chi connectivity index (χ0v) is 19.1. The molecule has 2 aliphatic rings. The van der Waals surface area contributed by atoms with Gasteiger partial charge in [-0.25, -0.2) is 4.39 Å². The number of hydrogen-bond acceptors (Lipinski definition) is 6. The number of nitrogens with zero attached hydrogens (tertiary/aromatic N) is 2. The Morgan fingerprint density at radius 2 is 2.06 bits per heavy atom. The van der Waals surface area contributed by atoms with E-state index in [-0.39, 0.29) is 5.56 Å². The molecule has 3 N–H and O–H groups in total. The predicted molar refractivity (Wildman–Crippen MR) is 130 cm³/mol. The number of nitrogens with one attached hydrogen (secondary N) is 3. The molecular weight excluding hydrogens is 417 g/mol. The van der Waals surface area contributed by atoms with Gasteiger partial charge in [0.1, 0.15) is 23.4 Å². The van der Waals surface area contributed by atoms with Gasteiger partial charge in [0, 0.05) is 60.0 Å². The highest BCUT2D eigenvalue weighted by Crippen LogP contribution is 2.42. The average Bonchev–Trinajstić information content (AvgIpc) is 2.84. The van der Waals surface area contributed by atoms with Crippen molar-refractivity contribution in [3.63, 3.8) is 0 Å². The first-order chi connectivity index (χ1) is 16.0. The summed E-state index contributed by atoms with van der Waals surface area (Å²) in [5, 5.41) is 24.2. The Balaban J connectivity index is 1.76. The Kier molecular flexibility index (Phi) is 6.95. The van der Waals surface area contributed by atoms with Gasteiger partial charge >= 0.3 is 0 Å².